The van der Waals surface area contributed by atoms with Crippen molar-refractivity contribution >= 4 is 0 Å². The third-order valence-corrected chi connectivity index (χ3v) is 1.72. The topological polar surface area (TPSA) is 65.7 Å². The first-order valence-corrected chi connectivity index (χ1v) is 6.47. The number of nitrogens with two attached hydrogens (primary N) is 1. The zero-order chi connectivity index (χ0) is 13.2. The highest BCUT2D eigenvalue weighted by Gasteiger charge is 1.86. The van der Waals surface area contributed by atoms with Crippen molar-refractivity contribution in [1.29, 1.82) is 0 Å². The molecule has 0 radical (unpaired) electrons. The molecule has 0 bridgehead atoms. The van der Waals surface area contributed by atoms with Crippen LogP contribution in [0.5, 0.6) is 0 Å². The van der Waals surface area contributed by atoms with Gasteiger partial charge in [0.25, 0.3) is 0 Å². The summed E-state index contributed by atoms with van der Waals surface area (Å²) in [6, 6.07) is 0. The molecule has 5 heteroatoms. The second-order valence-corrected chi connectivity index (χ2v) is 3.13. The van der Waals surface area contributed by atoms with Crippen molar-refractivity contribution in [3.8, 4) is 0 Å². The Morgan fingerprint density at radius 3 is 1.47 bits per heavy atom. The highest BCUT2D eigenvalue weighted by Crippen LogP contribution is 1.72. The number of rotatable bonds is 11. The van der Waals surface area contributed by atoms with Gasteiger partial charge < -0.3 is 25.3 Å². The maximum Gasteiger partial charge on any atom is 0.0590 e. The van der Waals surface area contributed by atoms with Crippen LogP contribution in [0.1, 0.15) is 20.8 Å². The van der Waals surface area contributed by atoms with Gasteiger partial charge in [-0.15, -0.1) is 0 Å². The maximum absolute atomic E-state index is 5.14. The summed E-state index contributed by atoms with van der Waals surface area (Å²) in [5.74, 6) is 0. The Balaban J connectivity index is 0. The van der Waals surface area contributed by atoms with Gasteiger partial charge >= 0.3 is 0 Å². The summed E-state index contributed by atoms with van der Waals surface area (Å²) in [5, 5.41) is 3.20. The van der Waals surface area contributed by atoms with E-state index in [2.05, 4.69) is 5.32 Å². The van der Waals surface area contributed by atoms with Crippen LogP contribution in [0.3, 0.4) is 0 Å². The van der Waals surface area contributed by atoms with Gasteiger partial charge in [-0.2, -0.15) is 0 Å². The lowest BCUT2D eigenvalue weighted by atomic mass is 10.6. The Labute approximate surface area is 106 Å². The predicted octanol–water partition coefficient (Wildman–Crippen LogP) is 0.631. The van der Waals surface area contributed by atoms with E-state index in [1.165, 1.54) is 0 Å². The minimum Gasteiger partial charge on any atom is -0.380 e. The van der Waals surface area contributed by atoms with Gasteiger partial charge in [-0.05, 0) is 20.8 Å². The van der Waals surface area contributed by atoms with E-state index in [1.807, 2.05) is 20.8 Å². The zero-order valence-corrected chi connectivity index (χ0v) is 11.7. The second kappa shape index (κ2) is 21.1. The molecule has 17 heavy (non-hydrogen) atoms. The molecule has 0 spiro atoms. The molecule has 0 saturated carbocycles. The fourth-order valence-corrected chi connectivity index (χ4v) is 0.930. The highest BCUT2D eigenvalue weighted by molar-refractivity contribution is 4.43. The van der Waals surface area contributed by atoms with E-state index in [-0.39, 0.29) is 0 Å². The van der Waals surface area contributed by atoms with Gasteiger partial charge in [0.15, 0.2) is 0 Å². The van der Waals surface area contributed by atoms with E-state index in [1.54, 1.807) is 0 Å². The predicted molar refractivity (Wildman–Crippen MR) is 71.4 cm³/mol. The van der Waals surface area contributed by atoms with E-state index in [4.69, 9.17) is 19.9 Å². The lowest BCUT2D eigenvalue weighted by Gasteiger charge is -2.04. The van der Waals surface area contributed by atoms with Crippen molar-refractivity contribution in [2.45, 2.75) is 20.8 Å². The van der Waals surface area contributed by atoms with Gasteiger partial charge in [0.2, 0.25) is 0 Å². The lowest BCUT2D eigenvalue weighted by Crippen LogP contribution is -2.23. The molecular weight excluding hydrogens is 220 g/mol. The average molecular weight is 250 g/mol. The van der Waals surface area contributed by atoms with Crippen molar-refractivity contribution in [2.75, 3.05) is 59.3 Å². The van der Waals surface area contributed by atoms with Crippen LogP contribution >= 0.6 is 0 Å². The number of hydrogen-bond donors (Lipinski definition) is 2. The SMILES string of the molecule is CCOCCN.CCOCCNCCOCC. The van der Waals surface area contributed by atoms with Gasteiger partial charge in [-0.3, -0.25) is 0 Å². The molecule has 0 aliphatic heterocycles. The monoisotopic (exact) mass is 250 g/mol. The minimum absolute atomic E-state index is 0.633. The molecule has 0 fully saturated rings. The fraction of sp³-hybridized carbons (Fsp3) is 1.00. The maximum atomic E-state index is 5.14. The van der Waals surface area contributed by atoms with Crippen LogP contribution in [0.15, 0.2) is 0 Å². The summed E-state index contributed by atoms with van der Waals surface area (Å²) in [6.45, 7) is 13.1. The summed E-state index contributed by atoms with van der Waals surface area (Å²) in [7, 11) is 0. The summed E-state index contributed by atoms with van der Waals surface area (Å²) >= 11 is 0. The molecule has 0 aromatic heterocycles. The zero-order valence-electron chi connectivity index (χ0n) is 11.7. The van der Waals surface area contributed by atoms with Crippen LogP contribution in [-0.2, 0) is 14.2 Å². The van der Waals surface area contributed by atoms with Crippen LogP contribution in [0, 0.1) is 0 Å². The van der Waals surface area contributed by atoms with Crippen LogP contribution in [0.4, 0.5) is 0 Å². The van der Waals surface area contributed by atoms with Gasteiger partial charge in [0, 0.05) is 39.5 Å². The Bertz CT molecular complexity index is 104. The molecule has 0 aliphatic carbocycles. The minimum atomic E-state index is 0.633. The first-order chi connectivity index (χ1) is 8.33. The first kappa shape index (κ1) is 19.1. The molecule has 0 aliphatic rings. The van der Waals surface area contributed by atoms with Crippen molar-refractivity contribution in [1.82, 2.24) is 5.32 Å². The number of ether oxygens (including phenoxy) is 3. The quantitative estimate of drug-likeness (QED) is 0.527. The van der Waals surface area contributed by atoms with Crippen molar-refractivity contribution < 1.29 is 14.2 Å². The standard InChI is InChI=1S/C8H19NO2.C4H11NO/c1-3-10-7-5-9-6-8-11-4-2;1-2-6-4-3-5/h9H,3-8H2,1-2H3;2-5H2,1H3. The molecule has 0 saturated heterocycles. The van der Waals surface area contributed by atoms with E-state index in [0.29, 0.717) is 13.2 Å². The van der Waals surface area contributed by atoms with Crippen molar-refractivity contribution in [2.24, 2.45) is 5.73 Å². The van der Waals surface area contributed by atoms with E-state index in [9.17, 15) is 0 Å². The van der Waals surface area contributed by atoms with Crippen LogP contribution in [-0.4, -0.2) is 59.3 Å². The Hall–Kier alpha value is -0.200. The van der Waals surface area contributed by atoms with E-state index in [0.717, 1.165) is 46.1 Å². The molecule has 0 heterocycles. The molecule has 0 atom stereocenters. The van der Waals surface area contributed by atoms with Crippen LogP contribution < -0.4 is 11.1 Å². The molecule has 106 valence electrons. The van der Waals surface area contributed by atoms with Crippen LogP contribution in [0.2, 0.25) is 0 Å². The third kappa shape index (κ3) is 25.8. The number of hydrogen-bond acceptors (Lipinski definition) is 5. The molecule has 0 aromatic rings. The molecule has 0 amide bonds. The molecule has 3 N–H and O–H groups in total. The number of nitrogens with one attached hydrogen (secondary N) is 1. The van der Waals surface area contributed by atoms with Gasteiger partial charge in [0.1, 0.15) is 0 Å². The molecule has 0 aromatic carbocycles. The van der Waals surface area contributed by atoms with E-state index < -0.39 is 0 Å². The smallest absolute Gasteiger partial charge is 0.0590 e. The molecule has 0 rings (SSSR count). The summed E-state index contributed by atoms with van der Waals surface area (Å²) in [4.78, 5) is 0. The van der Waals surface area contributed by atoms with Crippen molar-refractivity contribution in [3.05, 3.63) is 0 Å². The Kier molecular flexibility index (Phi) is 23.8. The molecule has 0 unspecified atom stereocenters. The Morgan fingerprint density at radius 1 is 0.765 bits per heavy atom. The molecular formula is C12H30N2O3. The van der Waals surface area contributed by atoms with Gasteiger partial charge in [0.05, 0.1) is 19.8 Å². The summed E-state index contributed by atoms with van der Waals surface area (Å²) in [6.07, 6.45) is 0. The largest absolute Gasteiger partial charge is 0.380 e. The summed E-state index contributed by atoms with van der Waals surface area (Å²) in [5.41, 5.74) is 5.09. The highest BCUT2D eigenvalue weighted by atomic mass is 16.5. The third-order valence-electron chi connectivity index (χ3n) is 1.72. The van der Waals surface area contributed by atoms with Crippen LogP contribution in [0.25, 0.3) is 0 Å². The molecule has 5 nitrogen and oxygen atoms in total. The van der Waals surface area contributed by atoms with E-state index >= 15 is 0 Å². The Morgan fingerprint density at radius 2 is 1.18 bits per heavy atom. The average Bonchev–Trinajstić information content (AvgIpc) is 2.36. The van der Waals surface area contributed by atoms with Gasteiger partial charge in [-0.1, -0.05) is 0 Å². The van der Waals surface area contributed by atoms with Gasteiger partial charge in [-0.25, -0.2) is 0 Å². The lowest BCUT2D eigenvalue weighted by molar-refractivity contribution is 0.133. The normalized spacial score (nSPS) is 9.88. The first-order valence-electron chi connectivity index (χ1n) is 6.47. The summed E-state index contributed by atoms with van der Waals surface area (Å²) < 4.78 is 15.1. The van der Waals surface area contributed by atoms with Crippen molar-refractivity contribution in [3.63, 3.8) is 0 Å². The fourth-order valence-electron chi connectivity index (χ4n) is 0.930. The second-order valence-electron chi connectivity index (χ2n) is 3.13.